The van der Waals surface area contributed by atoms with E-state index in [-0.39, 0.29) is 11.8 Å². The summed E-state index contributed by atoms with van der Waals surface area (Å²) in [7, 11) is 0. The van der Waals surface area contributed by atoms with E-state index in [2.05, 4.69) is 37.3 Å². The van der Waals surface area contributed by atoms with Crippen molar-refractivity contribution in [3.05, 3.63) is 88.9 Å². The van der Waals surface area contributed by atoms with Crippen LogP contribution >= 0.6 is 0 Å². The maximum Gasteiger partial charge on any atom is 0.295 e. The van der Waals surface area contributed by atoms with Crippen molar-refractivity contribution >= 4 is 23.3 Å². The van der Waals surface area contributed by atoms with Gasteiger partial charge in [0, 0.05) is 43.3 Å². The van der Waals surface area contributed by atoms with Crippen LogP contribution in [0.3, 0.4) is 0 Å². The van der Waals surface area contributed by atoms with Crippen LogP contribution in [0.2, 0.25) is 0 Å². The van der Waals surface area contributed by atoms with Crippen LogP contribution in [-0.2, 0) is 29.6 Å². The molecule has 3 aromatic rings. The molecule has 0 radical (unpaired) electrons. The number of hydrogen-bond acceptors (Lipinski definition) is 5. The highest BCUT2D eigenvalue weighted by Gasteiger charge is 2.51. The van der Waals surface area contributed by atoms with Crippen molar-refractivity contribution in [2.45, 2.75) is 31.2 Å². The summed E-state index contributed by atoms with van der Waals surface area (Å²) in [6.07, 6.45) is 5.31. The predicted octanol–water partition coefficient (Wildman–Crippen LogP) is 2.95. The normalized spacial score (nSPS) is 22.5. The molecule has 1 saturated heterocycles. The number of nitrogens with one attached hydrogen (secondary N) is 1. The van der Waals surface area contributed by atoms with Gasteiger partial charge >= 0.3 is 0 Å². The van der Waals surface area contributed by atoms with Crippen molar-refractivity contribution < 1.29 is 9.59 Å². The van der Waals surface area contributed by atoms with Crippen LogP contribution in [0.1, 0.15) is 39.2 Å². The zero-order valence-electron chi connectivity index (χ0n) is 18.1. The zero-order chi connectivity index (χ0) is 22.4. The van der Waals surface area contributed by atoms with Crippen molar-refractivity contribution in [3.63, 3.8) is 0 Å². The summed E-state index contributed by atoms with van der Waals surface area (Å²) in [5.74, 6) is 0.283. The molecule has 4 heterocycles. The number of aliphatic imine (C=N–C) groups is 1. The summed E-state index contributed by atoms with van der Waals surface area (Å²) < 4.78 is 0. The third-order valence-corrected chi connectivity index (χ3v) is 6.91. The van der Waals surface area contributed by atoms with E-state index in [4.69, 9.17) is 0 Å². The highest BCUT2D eigenvalue weighted by Crippen LogP contribution is 2.46. The molecule has 6 rings (SSSR count). The van der Waals surface area contributed by atoms with Crippen molar-refractivity contribution in [3.8, 4) is 0 Å². The minimum absolute atomic E-state index is 0.0371. The maximum atomic E-state index is 12.9. The lowest BCUT2D eigenvalue weighted by molar-refractivity contribution is -0.120. The van der Waals surface area contributed by atoms with Crippen LogP contribution in [0.5, 0.6) is 0 Å². The Morgan fingerprint density at radius 3 is 2.82 bits per heavy atom. The van der Waals surface area contributed by atoms with Crippen LogP contribution in [0, 0.1) is 0 Å². The van der Waals surface area contributed by atoms with Gasteiger partial charge < -0.3 is 5.32 Å². The van der Waals surface area contributed by atoms with E-state index in [0.29, 0.717) is 30.9 Å². The minimum Gasteiger partial charge on any atom is -0.310 e. The molecular formula is C26H23N5O2. The van der Waals surface area contributed by atoms with E-state index < -0.39 is 5.41 Å². The van der Waals surface area contributed by atoms with Crippen LogP contribution in [-0.4, -0.2) is 45.5 Å². The van der Waals surface area contributed by atoms with E-state index in [9.17, 15) is 9.59 Å². The second kappa shape index (κ2) is 7.71. The first-order valence-electron chi connectivity index (χ1n) is 11.2. The van der Waals surface area contributed by atoms with Gasteiger partial charge in [-0.05, 0) is 48.1 Å². The van der Waals surface area contributed by atoms with Gasteiger partial charge in [-0.15, -0.1) is 0 Å². The number of likely N-dealkylation sites (tertiary alicyclic amines) is 1. The van der Waals surface area contributed by atoms with Gasteiger partial charge in [-0.3, -0.25) is 19.5 Å². The van der Waals surface area contributed by atoms with Gasteiger partial charge in [-0.2, -0.15) is 0 Å². The van der Waals surface area contributed by atoms with Crippen molar-refractivity contribution in [1.29, 1.82) is 0 Å². The molecule has 3 aliphatic rings. The molecule has 0 saturated carbocycles. The Hall–Kier alpha value is -3.71. The molecular weight excluding hydrogens is 414 g/mol. The van der Waals surface area contributed by atoms with Gasteiger partial charge in [0.2, 0.25) is 5.91 Å². The predicted molar refractivity (Wildman–Crippen MR) is 124 cm³/mol. The monoisotopic (exact) mass is 437 g/mol. The number of rotatable bonds is 3. The number of carbonyl (C=O) groups excluding carboxylic acids is 2. The lowest BCUT2D eigenvalue weighted by atomic mass is 9.79. The smallest absolute Gasteiger partial charge is 0.295 e. The Morgan fingerprint density at radius 2 is 1.94 bits per heavy atom. The molecule has 164 valence electrons. The van der Waals surface area contributed by atoms with Crippen LogP contribution in [0.4, 0.5) is 5.82 Å². The fraction of sp³-hybridized carbons (Fsp3) is 0.269. The largest absolute Gasteiger partial charge is 0.310 e. The number of aromatic nitrogens is 2. The number of fused-ring (bicyclic) bond motifs is 3. The molecule has 1 aliphatic carbocycles. The van der Waals surface area contributed by atoms with Gasteiger partial charge in [-0.25, -0.2) is 9.98 Å². The van der Waals surface area contributed by atoms with Gasteiger partial charge in [0.15, 0.2) is 0 Å². The molecule has 1 aromatic carbocycles. The quantitative estimate of drug-likeness (QED) is 0.681. The minimum atomic E-state index is -0.662. The third-order valence-electron chi connectivity index (χ3n) is 6.91. The van der Waals surface area contributed by atoms with E-state index >= 15 is 0 Å². The summed E-state index contributed by atoms with van der Waals surface area (Å²) in [6, 6.07) is 15.9. The van der Waals surface area contributed by atoms with E-state index in [1.807, 2.05) is 36.4 Å². The Bertz CT molecular complexity index is 1300. The van der Waals surface area contributed by atoms with E-state index in [1.54, 1.807) is 12.4 Å². The van der Waals surface area contributed by atoms with Gasteiger partial charge in [-0.1, -0.05) is 36.4 Å². The topological polar surface area (TPSA) is 87.5 Å². The Morgan fingerprint density at radius 1 is 1.09 bits per heavy atom. The maximum absolute atomic E-state index is 12.9. The average molecular weight is 438 g/mol. The Balaban J connectivity index is 1.19. The van der Waals surface area contributed by atoms with Crippen molar-refractivity contribution in [2.75, 3.05) is 18.4 Å². The molecule has 1 atom stereocenters. The number of carbonyl (C=O) groups is 2. The first-order chi connectivity index (χ1) is 16.1. The average Bonchev–Trinajstić information content (AvgIpc) is 3.51. The van der Waals surface area contributed by atoms with E-state index in [0.717, 1.165) is 41.9 Å². The fourth-order valence-corrected chi connectivity index (χ4v) is 5.24. The van der Waals surface area contributed by atoms with Gasteiger partial charge in [0.1, 0.15) is 11.5 Å². The van der Waals surface area contributed by atoms with Crippen LogP contribution in [0.15, 0.2) is 65.9 Å². The first-order valence-corrected chi connectivity index (χ1v) is 11.2. The lowest BCUT2D eigenvalue weighted by Crippen LogP contribution is -2.35. The summed E-state index contributed by atoms with van der Waals surface area (Å²) in [4.78, 5) is 41.1. The van der Waals surface area contributed by atoms with Gasteiger partial charge in [0.25, 0.3) is 5.91 Å². The molecule has 7 nitrogen and oxygen atoms in total. The molecule has 33 heavy (non-hydrogen) atoms. The molecule has 1 fully saturated rings. The molecule has 1 unspecified atom stereocenters. The number of pyridine rings is 2. The fourth-order valence-electron chi connectivity index (χ4n) is 5.24. The summed E-state index contributed by atoms with van der Waals surface area (Å²) in [6.45, 7) is 2.44. The molecule has 0 bridgehead atoms. The number of anilines is 1. The van der Waals surface area contributed by atoms with Gasteiger partial charge in [0.05, 0.1) is 5.41 Å². The highest BCUT2D eigenvalue weighted by atomic mass is 16.2. The molecule has 2 aliphatic heterocycles. The Labute approximate surface area is 191 Å². The number of benzene rings is 1. The molecule has 7 heteroatoms. The molecule has 2 amide bonds. The molecule has 2 aromatic heterocycles. The molecule has 1 spiro atoms. The zero-order valence-corrected chi connectivity index (χ0v) is 18.1. The SMILES string of the molecule is O=C(N=C1CCN(Cc2ccccc2)C1)c1cc2c(cn1)CC1(C2)C(=O)Nc2ncccc21. The number of hydrogen-bond donors (Lipinski definition) is 1. The van der Waals surface area contributed by atoms with E-state index in [1.165, 1.54) is 5.56 Å². The summed E-state index contributed by atoms with van der Waals surface area (Å²) in [5.41, 5.74) is 4.73. The summed E-state index contributed by atoms with van der Waals surface area (Å²) in [5, 5.41) is 2.91. The number of nitrogens with zero attached hydrogens (tertiary/aromatic N) is 4. The standard InChI is InChI=1S/C26H23N5O2/c32-24(29-20-8-10-31(16-20)15-17-5-2-1-3-6-17)22-11-18-12-26(13-19(18)14-28-22)21-7-4-9-27-23(21)30-25(26)33/h1-7,9,11,14H,8,10,12-13,15-16H2,(H,27,30,33). The Kier molecular flexibility index (Phi) is 4.66. The first kappa shape index (κ1) is 19.9. The second-order valence-electron chi connectivity index (χ2n) is 9.06. The third kappa shape index (κ3) is 3.45. The number of amides is 2. The van der Waals surface area contributed by atoms with Crippen LogP contribution in [0.25, 0.3) is 0 Å². The highest BCUT2D eigenvalue weighted by molar-refractivity contribution is 6.07. The summed E-state index contributed by atoms with van der Waals surface area (Å²) >= 11 is 0. The second-order valence-corrected chi connectivity index (χ2v) is 9.06. The van der Waals surface area contributed by atoms with Crippen LogP contribution < -0.4 is 5.32 Å². The van der Waals surface area contributed by atoms with Crippen molar-refractivity contribution in [2.24, 2.45) is 4.99 Å². The van der Waals surface area contributed by atoms with Crippen molar-refractivity contribution in [1.82, 2.24) is 14.9 Å². The molecule has 1 N–H and O–H groups in total. The lowest BCUT2D eigenvalue weighted by Gasteiger charge is -2.20.